The maximum absolute atomic E-state index is 12.6. The number of methoxy groups -OCH3 is 2. The molecule has 28 heavy (non-hydrogen) atoms. The molecule has 0 spiro atoms. The molecule has 0 saturated heterocycles. The van der Waals surface area contributed by atoms with E-state index in [1.54, 1.807) is 6.07 Å². The predicted molar refractivity (Wildman–Crippen MR) is 110 cm³/mol. The Morgan fingerprint density at radius 2 is 1.36 bits per heavy atom. The van der Waals surface area contributed by atoms with E-state index >= 15 is 0 Å². The molecule has 4 rings (SSSR count). The van der Waals surface area contributed by atoms with Gasteiger partial charge in [-0.2, -0.15) is 0 Å². The standard InChI is InChI=1S/C24H20O4/c1-27-23(25)19-13-11-15-7-3-5-9-17(15)21(19)22-18-10-6-4-8-16(18)12-14-20(22)24(26)28-2/h3-14,23,25H,1-2H3. The monoisotopic (exact) mass is 372 g/mol. The minimum atomic E-state index is -1.12. The van der Waals surface area contributed by atoms with Crippen molar-refractivity contribution >= 4 is 27.5 Å². The third-order valence-corrected chi connectivity index (χ3v) is 5.03. The number of carbonyl (C=O) groups is 1. The second-order valence-corrected chi connectivity index (χ2v) is 6.54. The van der Waals surface area contributed by atoms with Crippen molar-refractivity contribution in [3.8, 4) is 11.1 Å². The molecule has 0 fully saturated rings. The summed E-state index contributed by atoms with van der Waals surface area (Å²) in [5.41, 5.74) is 2.54. The lowest BCUT2D eigenvalue weighted by atomic mass is 9.87. The van der Waals surface area contributed by atoms with Gasteiger partial charge in [-0.25, -0.2) is 4.79 Å². The lowest BCUT2D eigenvalue weighted by Crippen LogP contribution is -2.08. The number of rotatable bonds is 4. The summed E-state index contributed by atoms with van der Waals surface area (Å²) in [5.74, 6) is -0.424. The summed E-state index contributed by atoms with van der Waals surface area (Å²) >= 11 is 0. The Kier molecular flexibility index (Phi) is 4.82. The van der Waals surface area contributed by atoms with Crippen LogP contribution in [0.15, 0.2) is 72.8 Å². The molecule has 0 heterocycles. The molecule has 0 aliphatic rings. The summed E-state index contributed by atoms with van der Waals surface area (Å²) in [6.07, 6.45) is -1.12. The van der Waals surface area contributed by atoms with Crippen molar-refractivity contribution in [1.29, 1.82) is 0 Å². The van der Waals surface area contributed by atoms with Gasteiger partial charge in [0.2, 0.25) is 0 Å². The maximum atomic E-state index is 12.6. The molecule has 4 aromatic rings. The lowest BCUT2D eigenvalue weighted by Gasteiger charge is -2.20. The van der Waals surface area contributed by atoms with Gasteiger partial charge in [-0.15, -0.1) is 0 Å². The number of carbonyl (C=O) groups excluding carboxylic acids is 1. The van der Waals surface area contributed by atoms with E-state index in [1.165, 1.54) is 14.2 Å². The Bertz CT molecular complexity index is 1180. The summed E-state index contributed by atoms with van der Waals surface area (Å²) < 4.78 is 10.3. The highest BCUT2D eigenvalue weighted by atomic mass is 16.6. The normalized spacial score (nSPS) is 12.2. The average molecular weight is 372 g/mol. The summed E-state index contributed by atoms with van der Waals surface area (Å²) in [4.78, 5) is 12.6. The fourth-order valence-corrected chi connectivity index (χ4v) is 3.72. The predicted octanol–water partition coefficient (Wildman–Crippen LogP) is 5.08. The van der Waals surface area contributed by atoms with Gasteiger partial charge in [-0.05, 0) is 33.2 Å². The average Bonchev–Trinajstić information content (AvgIpc) is 2.76. The molecule has 0 saturated carbocycles. The Balaban J connectivity index is 2.21. The first-order valence-corrected chi connectivity index (χ1v) is 8.98. The van der Waals surface area contributed by atoms with Crippen molar-refractivity contribution in [1.82, 2.24) is 0 Å². The third-order valence-electron chi connectivity index (χ3n) is 5.03. The molecule has 0 radical (unpaired) electrons. The Morgan fingerprint density at radius 1 is 0.786 bits per heavy atom. The number of hydrogen-bond donors (Lipinski definition) is 1. The minimum absolute atomic E-state index is 0.424. The van der Waals surface area contributed by atoms with Crippen molar-refractivity contribution in [2.24, 2.45) is 0 Å². The Morgan fingerprint density at radius 3 is 1.96 bits per heavy atom. The van der Waals surface area contributed by atoms with Crippen LogP contribution in [0.5, 0.6) is 0 Å². The second-order valence-electron chi connectivity index (χ2n) is 6.54. The first-order valence-electron chi connectivity index (χ1n) is 8.98. The van der Waals surface area contributed by atoms with Gasteiger partial charge < -0.3 is 14.6 Å². The van der Waals surface area contributed by atoms with Crippen molar-refractivity contribution in [2.75, 3.05) is 14.2 Å². The highest BCUT2D eigenvalue weighted by Crippen LogP contribution is 2.41. The van der Waals surface area contributed by atoms with Crippen molar-refractivity contribution in [3.05, 3.63) is 83.9 Å². The van der Waals surface area contributed by atoms with E-state index in [0.717, 1.165) is 32.7 Å². The quantitative estimate of drug-likeness (QED) is 0.401. The Hall–Kier alpha value is -3.21. The largest absolute Gasteiger partial charge is 0.465 e. The number of benzene rings is 4. The molecular weight excluding hydrogens is 352 g/mol. The molecule has 0 aliphatic carbocycles. The Labute approximate surface area is 162 Å². The van der Waals surface area contributed by atoms with Crippen LogP contribution in [0, 0.1) is 0 Å². The van der Waals surface area contributed by atoms with E-state index < -0.39 is 12.3 Å². The fraction of sp³-hybridized carbons (Fsp3) is 0.125. The molecule has 4 nitrogen and oxygen atoms in total. The highest BCUT2D eigenvalue weighted by Gasteiger charge is 2.23. The number of aliphatic hydroxyl groups is 1. The number of fused-ring (bicyclic) bond motifs is 2. The third kappa shape index (κ3) is 2.93. The van der Waals surface area contributed by atoms with Gasteiger partial charge in [0.05, 0.1) is 12.7 Å². The molecule has 0 amide bonds. The van der Waals surface area contributed by atoms with Crippen molar-refractivity contribution < 1.29 is 19.4 Å². The van der Waals surface area contributed by atoms with Gasteiger partial charge in [0, 0.05) is 18.2 Å². The summed E-state index contributed by atoms with van der Waals surface area (Å²) in [6.45, 7) is 0. The molecule has 0 aromatic heterocycles. The zero-order valence-electron chi connectivity index (χ0n) is 15.7. The summed E-state index contributed by atoms with van der Waals surface area (Å²) in [5, 5.41) is 14.4. The van der Waals surface area contributed by atoms with Gasteiger partial charge >= 0.3 is 5.97 Å². The molecule has 0 aliphatic heterocycles. The minimum Gasteiger partial charge on any atom is -0.465 e. The van der Waals surface area contributed by atoms with Crippen LogP contribution in [0.25, 0.3) is 32.7 Å². The molecule has 0 bridgehead atoms. The van der Waals surface area contributed by atoms with E-state index in [2.05, 4.69) is 0 Å². The van der Waals surface area contributed by atoms with Crippen LogP contribution >= 0.6 is 0 Å². The number of hydrogen-bond acceptors (Lipinski definition) is 4. The number of esters is 1. The zero-order chi connectivity index (χ0) is 19.7. The van der Waals surface area contributed by atoms with E-state index in [0.29, 0.717) is 11.1 Å². The van der Waals surface area contributed by atoms with Crippen LogP contribution in [-0.4, -0.2) is 25.3 Å². The molecule has 4 aromatic carbocycles. The molecule has 140 valence electrons. The van der Waals surface area contributed by atoms with E-state index in [1.807, 2.05) is 66.7 Å². The van der Waals surface area contributed by atoms with Crippen LogP contribution in [0.3, 0.4) is 0 Å². The van der Waals surface area contributed by atoms with Crippen molar-refractivity contribution in [3.63, 3.8) is 0 Å². The van der Waals surface area contributed by atoms with E-state index in [9.17, 15) is 9.90 Å². The first-order chi connectivity index (χ1) is 13.7. The van der Waals surface area contributed by atoms with Gasteiger partial charge in [0.25, 0.3) is 0 Å². The molecule has 1 atom stereocenters. The molecule has 4 heteroatoms. The van der Waals surface area contributed by atoms with Crippen molar-refractivity contribution in [2.45, 2.75) is 6.29 Å². The van der Waals surface area contributed by atoms with Gasteiger partial charge in [-0.3, -0.25) is 0 Å². The first kappa shape index (κ1) is 18.2. The molecular formula is C24H20O4. The van der Waals surface area contributed by atoms with E-state index in [-0.39, 0.29) is 0 Å². The SMILES string of the molecule is COC(=O)c1ccc2ccccc2c1-c1c(C(O)OC)ccc2ccccc12. The summed E-state index contributed by atoms with van der Waals surface area (Å²) in [7, 11) is 2.82. The fourth-order valence-electron chi connectivity index (χ4n) is 3.72. The highest BCUT2D eigenvalue weighted by molar-refractivity contribution is 6.13. The van der Waals surface area contributed by atoms with E-state index in [4.69, 9.17) is 9.47 Å². The van der Waals surface area contributed by atoms with Crippen LogP contribution < -0.4 is 0 Å². The van der Waals surface area contributed by atoms with Gasteiger partial charge in [0.1, 0.15) is 0 Å². The second kappa shape index (κ2) is 7.43. The number of ether oxygens (including phenoxy) is 2. The topological polar surface area (TPSA) is 55.8 Å². The lowest BCUT2D eigenvalue weighted by molar-refractivity contribution is -0.0764. The van der Waals surface area contributed by atoms with Crippen LogP contribution in [0.1, 0.15) is 22.2 Å². The zero-order valence-corrected chi connectivity index (χ0v) is 15.7. The smallest absolute Gasteiger partial charge is 0.338 e. The van der Waals surface area contributed by atoms with Gasteiger partial charge in [0.15, 0.2) is 6.29 Å². The summed E-state index contributed by atoms with van der Waals surface area (Å²) in [6, 6.07) is 23.2. The van der Waals surface area contributed by atoms with Crippen LogP contribution in [-0.2, 0) is 9.47 Å². The maximum Gasteiger partial charge on any atom is 0.338 e. The van der Waals surface area contributed by atoms with Crippen LogP contribution in [0.4, 0.5) is 0 Å². The number of aliphatic hydroxyl groups excluding tert-OH is 1. The molecule has 1 N–H and O–H groups in total. The molecule has 1 unspecified atom stereocenters. The van der Waals surface area contributed by atoms with Gasteiger partial charge in [-0.1, -0.05) is 66.7 Å². The van der Waals surface area contributed by atoms with Crippen LogP contribution in [0.2, 0.25) is 0 Å².